The Morgan fingerprint density at radius 2 is 2.00 bits per heavy atom. The Morgan fingerprint density at radius 3 is 2.60 bits per heavy atom. The number of hydrogen-bond acceptors (Lipinski definition) is 3. The lowest BCUT2D eigenvalue weighted by atomic mass is 10.2. The molecule has 0 saturated heterocycles. The number of likely N-dealkylation sites (N-methyl/N-ethyl adjacent to an activating group) is 1. The summed E-state index contributed by atoms with van der Waals surface area (Å²) < 4.78 is 0. The van der Waals surface area contributed by atoms with E-state index in [0.717, 1.165) is 5.69 Å². The van der Waals surface area contributed by atoms with Crippen molar-refractivity contribution in [2.24, 2.45) is 0 Å². The van der Waals surface area contributed by atoms with Crippen LogP contribution in [-0.4, -0.2) is 43.3 Å². The summed E-state index contributed by atoms with van der Waals surface area (Å²) in [6.07, 6.45) is -0.334. The summed E-state index contributed by atoms with van der Waals surface area (Å²) in [6.45, 7) is 3.32. The highest BCUT2D eigenvalue weighted by Gasteiger charge is 2.05. The van der Waals surface area contributed by atoms with Crippen molar-refractivity contribution in [1.82, 2.24) is 4.90 Å². The van der Waals surface area contributed by atoms with Gasteiger partial charge in [-0.05, 0) is 32.6 Å². The second-order valence-corrected chi connectivity index (χ2v) is 4.11. The molecular weight excluding hydrogens is 188 g/mol. The van der Waals surface area contributed by atoms with E-state index >= 15 is 0 Å². The maximum absolute atomic E-state index is 9.67. The molecular formula is C12H20N2O. The predicted octanol–water partition coefficient (Wildman–Crippen LogP) is 1.33. The maximum Gasteiger partial charge on any atom is 0.0838 e. The van der Waals surface area contributed by atoms with Gasteiger partial charge < -0.3 is 15.3 Å². The number of nitrogens with one attached hydrogen (secondary N) is 1. The van der Waals surface area contributed by atoms with Crippen molar-refractivity contribution in [1.29, 1.82) is 0 Å². The lowest BCUT2D eigenvalue weighted by Crippen LogP contribution is -2.31. The second kappa shape index (κ2) is 5.73. The van der Waals surface area contributed by atoms with Gasteiger partial charge in [-0.3, -0.25) is 0 Å². The molecule has 1 aromatic rings. The standard InChI is InChI=1S/C12H20N2O/c1-10-6-4-5-7-12(10)13-8-11(15)9-14(2)3/h4-7,11,13,15H,8-9H2,1-3H3. The number of para-hydroxylation sites is 1. The van der Waals surface area contributed by atoms with Gasteiger partial charge in [0, 0.05) is 18.8 Å². The van der Waals surface area contributed by atoms with E-state index in [-0.39, 0.29) is 6.10 Å². The number of aliphatic hydroxyl groups excluding tert-OH is 1. The van der Waals surface area contributed by atoms with E-state index in [1.165, 1.54) is 5.56 Å². The van der Waals surface area contributed by atoms with Crippen molar-refractivity contribution < 1.29 is 5.11 Å². The molecule has 1 atom stereocenters. The van der Waals surface area contributed by atoms with Gasteiger partial charge in [0.1, 0.15) is 0 Å². The largest absolute Gasteiger partial charge is 0.390 e. The van der Waals surface area contributed by atoms with Crippen molar-refractivity contribution in [3.8, 4) is 0 Å². The van der Waals surface area contributed by atoms with Crippen molar-refractivity contribution in [2.45, 2.75) is 13.0 Å². The SMILES string of the molecule is Cc1ccccc1NCC(O)CN(C)C. The summed E-state index contributed by atoms with van der Waals surface area (Å²) in [4.78, 5) is 1.98. The van der Waals surface area contributed by atoms with Crippen LogP contribution in [0, 0.1) is 6.92 Å². The van der Waals surface area contributed by atoms with E-state index in [1.807, 2.05) is 37.2 Å². The molecule has 1 aromatic carbocycles. The first-order valence-electron chi connectivity index (χ1n) is 5.22. The monoisotopic (exact) mass is 208 g/mol. The number of anilines is 1. The number of rotatable bonds is 5. The van der Waals surface area contributed by atoms with Crippen LogP contribution in [0.2, 0.25) is 0 Å². The third kappa shape index (κ3) is 4.32. The van der Waals surface area contributed by atoms with E-state index in [4.69, 9.17) is 0 Å². The fourth-order valence-corrected chi connectivity index (χ4v) is 1.49. The molecule has 0 aliphatic carbocycles. The van der Waals surface area contributed by atoms with E-state index in [9.17, 15) is 5.11 Å². The molecule has 3 heteroatoms. The minimum Gasteiger partial charge on any atom is -0.390 e. The molecule has 0 saturated carbocycles. The van der Waals surface area contributed by atoms with Gasteiger partial charge in [-0.15, -0.1) is 0 Å². The van der Waals surface area contributed by atoms with Gasteiger partial charge in [0.05, 0.1) is 6.10 Å². The Kier molecular flexibility index (Phi) is 4.59. The van der Waals surface area contributed by atoms with Crippen LogP contribution in [-0.2, 0) is 0 Å². The van der Waals surface area contributed by atoms with Crippen molar-refractivity contribution in [3.05, 3.63) is 29.8 Å². The second-order valence-electron chi connectivity index (χ2n) is 4.11. The molecule has 0 heterocycles. The molecule has 0 fully saturated rings. The van der Waals surface area contributed by atoms with Crippen LogP contribution in [0.5, 0.6) is 0 Å². The van der Waals surface area contributed by atoms with Crippen LogP contribution in [0.1, 0.15) is 5.56 Å². The third-order valence-corrected chi connectivity index (χ3v) is 2.25. The Hall–Kier alpha value is -1.06. The molecule has 2 N–H and O–H groups in total. The highest BCUT2D eigenvalue weighted by atomic mass is 16.3. The maximum atomic E-state index is 9.67. The molecule has 15 heavy (non-hydrogen) atoms. The lowest BCUT2D eigenvalue weighted by Gasteiger charge is -2.17. The molecule has 1 rings (SSSR count). The van der Waals surface area contributed by atoms with E-state index < -0.39 is 0 Å². The summed E-state index contributed by atoms with van der Waals surface area (Å²) in [6, 6.07) is 8.09. The number of benzene rings is 1. The smallest absolute Gasteiger partial charge is 0.0838 e. The Morgan fingerprint density at radius 1 is 1.33 bits per heavy atom. The molecule has 84 valence electrons. The van der Waals surface area contributed by atoms with Gasteiger partial charge in [-0.2, -0.15) is 0 Å². The molecule has 0 amide bonds. The third-order valence-electron chi connectivity index (χ3n) is 2.25. The predicted molar refractivity (Wildman–Crippen MR) is 64.2 cm³/mol. The number of aliphatic hydroxyl groups is 1. The molecule has 0 aliphatic heterocycles. The molecule has 0 radical (unpaired) electrons. The average Bonchev–Trinajstić information content (AvgIpc) is 2.15. The fourth-order valence-electron chi connectivity index (χ4n) is 1.49. The van der Waals surface area contributed by atoms with Crippen molar-refractivity contribution in [3.63, 3.8) is 0 Å². The minimum atomic E-state index is -0.334. The van der Waals surface area contributed by atoms with Crippen LogP contribution in [0.15, 0.2) is 24.3 Å². The van der Waals surface area contributed by atoms with Gasteiger partial charge in [0.25, 0.3) is 0 Å². The molecule has 0 aliphatic rings. The van der Waals surface area contributed by atoms with Crippen LogP contribution < -0.4 is 5.32 Å². The van der Waals surface area contributed by atoms with Crippen LogP contribution in [0.4, 0.5) is 5.69 Å². The first kappa shape index (κ1) is 12.0. The summed E-state index contributed by atoms with van der Waals surface area (Å²) >= 11 is 0. The number of nitrogens with zero attached hydrogens (tertiary/aromatic N) is 1. The summed E-state index contributed by atoms with van der Waals surface area (Å²) in [7, 11) is 3.91. The highest BCUT2D eigenvalue weighted by molar-refractivity contribution is 5.50. The molecule has 3 nitrogen and oxygen atoms in total. The van der Waals surface area contributed by atoms with Crippen molar-refractivity contribution in [2.75, 3.05) is 32.5 Å². The first-order chi connectivity index (χ1) is 7.09. The van der Waals surface area contributed by atoms with E-state index in [1.54, 1.807) is 0 Å². The molecule has 0 bridgehead atoms. The molecule has 1 unspecified atom stereocenters. The average molecular weight is 208 g/mol. The van der Waals surface area contributed by atoms with Crippen molar-refractivity contribution >= 4 is 5.69 Å². The Labute approximate surface area is 91.7 Å². The van der Waals surface area contributed by atoms with E-state index in [2.05, 4.69) is 18.3 Å². The highest BCUT2D eigenvalue weighted by Crippen LogP contribution is 2.12. The Balaban J connectivity index is 2.40. The van der Waals surface area contributed by atoms with Crippen LogP contribution in [0.3, 0.4) is 0 Å². The van der Waals surface area contributed by atoms with Gasteiger partial charge in [-0.1, -0.05) is 18.2 Å². The van der Waals surface area contributed by atoms with Gasteiger partial charge >= 0.3 is 0 Å². The normalized spacial score (nSPS) is 12.9. The zero-order valence-corrected chi connectivity index (χ0v) is 9.70. The van der Waals surface area contributed by atoms with Crippen LogP contribution in [0.25, 0.3) is 0 Å². The number of hydrogen-bond donors (Lipinski definition) is 2. The zero-order valence-electron chi connectivity index (χ0n) is 9.70. The van der Waals surface area contributed by atoms with Gasteiger partial charge in [-0.25, -0.2) is 0 Å². The van der Waals surface area contributed by atoms with Gasteiger partial charge in [0.15, 0.2) is 0 Å². The Bertz CT molecular complexity index is 299. The molecule has 0 spiro atoms. The van der Waals surface area contributed by atoms with E-state index in [0.29, 0.717) is 13.1 Å². The summed E-state index contributed by atoms with van der Waals surface area (Å²) in [5, 5.41) is 12.9. The topological polar surface area (TPSA) is 35.5 Å². The van der Waals surface area contributed by atoms with Gasteiger partial charge in [0.2, 0.25) is 0 Å². The summed E-state index contributed by atoms with van der Waals surface area (Å²) in [5.74, 6) is 0. The quantitative estimate of drug-likeness (QED) is 0.766. The first-order valence-corrected chi connectivity index (χ1v) is 5.22. The zero-order chi connectivity index (χ0) is 11.3. The summed E-state index contributed by atoms with van der Waals surface area (Å²) in [5.41, 5.74) is 2.30. The fraction of sp³-hybridized carbons (Fsp3) is 0.500. The van der Waals surface area contributed by atoms with Crippen LogP contribution >= 0.6 is 0 Å². The molecule has 0 aromatic heterocycles. The minimum absolute atomic E-state index is 0.334. The number of aryl methyl sites for hydroxylation is 1. The lowest BCUT2D eigenvalue weighted by molar-refractivity contribution is 0.148.